The summed E-state index contributed by atoms with van der Waals surface area (Å²) in [6.07, 6.45) is -0.816. The molecule has 4 aromatic carbocycles. The molecule has 0 radical (unpaired) electrons. The maximum atomic E-state index is 10.6. The van der Waals surface area contributed by atoms with Crippen molar-refractivity contribution in [3.63, 3.8) is 0 Å². The quantitative estimate of drug-likeness (QED) is 0.0475. The first kappa shape index (κ1) is 41.8. The lowest BCUT2D eigenvalue weighted by atomic mass is 10.1. The molecule has 0 spiro atoms. The Labute approximate surface area is 314 Å². The minimum atomic E-state index is -0.865. The van der Waals surface area contributed by atoms with E-state index in [0.717, 1.165) is 24.3 Å². The zero-order valence-corrected chi connectivity index (χ0v) is 31.0. The maximum Gasteiger partial charge on any atom is 0.154 e. The van der Waals surface area contributed by atoms with Crippen LogP contribution in [0.5, 0.6) is 17.2 Å². The molecule has 10 heteroatoms. The molecule has 4 aromatic rings. The Bertz CT molecular complexity index is 1430. The van der Waals surface area contributed by atoms with Crippen LogP contribution in [0.3, 0.4) is 0 Å². The van der Waals surface area contributed by atoms with Crippen molar-refractivity contribution < 1.29 is 47.7 Å². The molecule has 4 rings (SSSR count). The average molecular weight is 733 g/mol. The van der Waals surface area contributed by atoms with Crippen LogP contribution in [0.15, 0.2) is 121 Å². The van der Waals surface area contributed by atoms with E-state index in [1.165, 1.54) is 5.56 Å². The molecule has 0 heterocycles. The largest absolute Gasteiger partial charge is 0.491 e. The van der Waals surface area contributed by atoms with Gasteiger partial charge in [-0.25, -0.2) is 0 Å². The zero-order chi connectivity index (χ0) is 37.2. The second kappa shape index (κ2) is 25.9. The molecule has 53 heavy (non-hydrogen) atoms. The summed E-state index contributed by atoms with van der Waals surface area (Å²) in [5, 5.41) is 10.6. The Kier molecular flexibility index (Phi) is 20.4. The SMILES string of the molecule is CCOC(C)OCC(O)COC(COc1ccccc1)COC(COc1ccccc1)COC(COCCCc1ccccc1)COc1ccccc1. The maximum absolute atomic E-state index is 10.6. The van der Waals surface area contributed by atoms with Crippen molar-refractivity contribution in [2.45, 2.75) is 57.4 Å². The van der Waals surface area contributed by atoms with Crippen LogP contribution in [-0.2, 0) is 34.8 Å². The summed E-state index contributed by atoms with van der Waals surface area (Å²) in [6.45, 7) is 6.33. The fourth-order valence-corrected chi connectivity index (χ4v) is 5.10. The van der Waals surface area contributed by atoms with Gasteiger partial charge in [0, 0.05) is 13.2 Å². The fourth-order valence-electron chi connectivity index (χ4n) is 5.10. The molecule has 0 bridgehead atoms. The summed E-state index contributed by atoms with van der Waals surface area (Å²) in [6, 6.07) is 39.1. The number of hydrogen-bond donors (Lipinski definition) is 1. The predicted molar refractivity (Wildman–Crippen MR) is 204 cm³/mol. The van der Waals surface area contributed by atoms with Crippen molar-refractivity contribution in [1.82, 2.24) is 0 Å². The molecule has 0 aromatic heterocycles. The third-order valence-electron chi connectivity index (χ3n) is 7.92. The van der Waals surface area contributed by atoms with Gasteiger partial charge in [0.15, 0.2) is 6.29 Å². The van der Waals surface area contributed by atoms with E-state index in [0.29, 0.717) is 32.2 Å². The van der Waals surface area contributed by atoms with Gasteiger partial charge in [-0.2, -0.15) is 0 Å². The highest BCUT2D eigenvalue weighted by molar-refractivity contribution is 5.22. The predicted octanol–water partition coefficient (Wildman–Crippen LogP) is 6.79. The molecular weight excluding hydrogens is 676 g/mol. The molecule has 5 atom stereocenters. The molecule has 0 aliphatic rings. The Balaban J connectivity index is 1.36. The lowest BCUT2D eigenvalue weighted by Crippen LogP contribution is -2.38. The molecule has 10 nitrogen and oxygen atoms in total. The highest BCUT2D eigenvalue weighted by Gasteiger charge is 2.21. The molecule has 0 aliphatic heterocycles. The molecule has 0 fully saturated rings. The summed E-state index contributed by atoms with van der Waals surface area (Å²) in [4.78, 5) is 0. The van der Waals surface area contributed by atoms with Gasteiger partial charge in [0.25, 0.3) is 0 Å². The van der Waals surface area contributed by atoms with Gasteiger partial charge in [-0.1, -0.05) is 84.9 Å². The number of aliphatic hydroxyl groups is 1. The molecule has 0 amide bonds. The summed E-state index contributed by atoms with van der Waals surface area (Å²) in [5.41, 5.74) is 1.28. The smallest absolute Gasteiger partial charge is 0.154 e. The van der Waals surface area contributed by atoms with E-state index < -0.39 is 24.6 Å². The number of ether oxygens (including phenoxy) is 9. The normalized spacial score (nSPS) is 14.2. The first-order valence-electron chi connectivity index (χ1n) is 18.5. The van der Waals surface area contributed by atoms with Crippen LogP contribution in [0.1, 0.15) is 25.8 Å². The van der Waals surface area contributed by atoms with Gasteiger partial charge in [-0.3, -0.25) is 0 Å². The van der Waals surface area contributed by atoms with Crippen LogP contribution in [0, 0.1) is 0 Å². The van der Waals surface area contributed by atoms with E-state index in [1.807, 2.05) is 104 Å². The number of benzene rings is 4. The van der Waals surface area contributed by atoms with Crippen LogP contribution >= 0.6 is 0 Å². The van der Waals surface area contributed by atoms with Crippen LogP contribution in [0.4, 0.5) is 0 Å². The lowest BCUT2D eigenvalue weighted by molar-refractivity contribution is -0.157. The third-order valence-corrected chi connectivity index (χ3v) is 7.92. The third kappa shape index (κ3) is 18.5. The van der Waals surface area contributed by atoms with Crippen LogP contribution in [-0.4, -0.2) is 102 Å². The topological polar surface area (TPSA) is 103 Å². The van der Waals surface area contributed by atoms with Gasteiger partial charge in [0.2, 0.25) is 0 Å². The van der Waals surface area contributed by atoms with Gasteiger partial charge in [0.1, 0.15) is 61.5 Å². The van der Waals surface area contributed by atoms with Crippen molar-refractivity contribution in [3.8, 4) is 17.2 Å². The van der Waals surface area contributed by atoms with Gasteiger partial charge in [-0.15, -0.1) is 0 Å². The second-order valence-corrected chi connectivity index (χ2v) is 12.4. The van der Waals surface area contributed by atoms with Gasteiger partial charge >= 0.3 is 0 Å². The standard InChI is InChI=1S/C43H56O10/c1-3-46-35(2)47-27-37(44)28-48-42(31-50-39-22-12-6-13-23-39)33-53-43(32-51-40-24-14-7-15-25-40)34-52-41(30-49-38-20-10-5-11-21-38)29-45-26-16-19-36-17-8-4-9-18-36/h4-15,17-18,20-25,35,37,41-44H,3,16,19,26-34H2,1-2H3. The fraction of sp³-hybridized carbons (Fsp3) is 0.442. The van der Waals surface area contributed by atoms with Gasteiger partial charge in [0.05, 0.1) is 33.0 Å². The van der Waals surface area contributed by atoms with Crippen molar-refractivity contribution in [2.75, 3.05) is 66.1 Å². The molecule has 0 aliphatic carbocycles. The zero-order valence-electron chi connectivity index (χ0n) is 31.0. The highest BCUT2D eigenvalue weighted by Crippen LogP contribution is 2.14. The number of aliphatic hydroxyl groups excluding tert-OH is 1. The van der Waals surface area contributed by atoms with Gasteiger partial charge in [-0.05, 0) is 68.7 Å². The molecule has 288 valence electrons. The Morgan fingerprint density at radius 2 is 0.887 bits per heavy atom. The number of para-hydroxylation sites is 3. The van der Waals surface area contributed by atoms with Crippen LogP contribution in [0.25, 0.3) is 0 Å². The van der Waals surface area contributed by atoms with E-state index in [2.05, 4.69) is 24.3 Å². The van der Waals surface area contributed by atoms with E-state index >= 15 is 0 Å². The summed E-state index contributed by atoms with van der Waals surface area (Å²) < 4.78 is 54.2. The average Bonchev–Trinajstić information content (AvgIpc) is 3.20. The Hall–Kier alpha value is -4.00. The molecule has 1 N–H and O–H groups in total. The monoisotopic (exact) mass is 732 g/mol. The summed E-state index contributed by atoms with van der Waals surface area (Å²) in [7, 11) is 0. The van der Waals surface area contributed by atoms with Gasteiger partial charge < -0.3 is 47.7 Å². The first-order chi connectivity index (χ1) is 26.1. The second-order valence-electron chi connectivity index (χ2n) is 12.4. The van der Waals surface area contributed by atoms with Crippen LogP contribution in [0.2, 0.25) is 0 Å². The minimum Gasteiger partial charge on any atom is -0.491 e. The summed E-state index contributed by atoms with van der Waals surface area (Å²) in [5.74, 6) is 2.17. The number of hydrogen-bond acceptors (Lipinski definition) is 10. The minimum absolute atomic E-state index is 0.0210. The van der Waals surface area contributed by atoms with E-state index in [-0.39, 0.29) is 45.7 Å². The van der Waals surface area contributed by atoms with E-state index in [1.54, 1.807) is 6.92 Å². The Morgan fingerprint density at radius 1 is 0.472 bits per heavy atom. The lowest BCUT2D eigenvalue weighted by Gasteiger charge is -2.26. The molecule has 0 saturated heterocycles. The molecule has 5 unspecified atom stereocenters. The van der Waals surface area contributed by atoms with Crippen molar-refractivity contribution in [2.24, 2.45) is 0 Å². The van der Waals surface area contributed by atoms with Crippen molar-refractivity contribution in [3.05, 3.63) is 127 Å². The van der Waals surface area contributed by atoms with Crippen molar-refractivity contribution in [1.29, 1.82) is 0 Å². The highest BCUT2D eigenvalue weighted by atomic mass is 16.7. The number of rotatable bonds is 29. The Morgan fingerprint density at radius 3 is 1.36 bits per heavy atom. The first-order valence-corrected chi connectivity index (χ1v) is 18.5. The molecular formula is C43H56O10. The van der Waals surface area contributed by atoms with E-state index in [4.69, 9.17) is 42.6 Å². The van der Waals surface area contributed by atoms with E-state index in [9.17, 15) is 5.11 Å². The summed E-state index contributed by atoms with van der Waals surface area (Å²) >= 11 is 0. The number of aryl methyl sites for hydroxylation is 1. The molecule has 0 saturated carbocycles. The van der Waals surface area contributed by atoms with Crippen LogP contribution < -0.4 is 14.2 Å². The van der Waals surface area contributed by atoms with Crippen molar-refractivity contribution >= 4 is 0 Å².